The van der Waals surface area contributed by atoms with Gasteiger partial charge in [0, 0.05) is 31.3 Å². The zero-order valence-electron chi connectivity index (χ0n) is 19.5. The van der Waals surface area contributed by atoms with Crippen LogP contribution in [0.15, 0.2) is 78.9 Å². The fraction of sp³-hybridized carbons (Fsp3) is 0.259. The molecule has 0 spiro atoms. The number of aliphatic hydroxyl groups is 1. The molecular weight excluding hydrogens is 430 g/mol. The van der Waals surface area contributed by atoms with E-state index in [0.717, 1.165) is 16.9 Å². The molecule has 0 saturated carbocycles. The molecule has 0 aliphatic heterocycles. The van der Waals surface area contributed by atoms with Gasteiger partial charge in [0.2, 0.25) is 5.91 Å². The molecule has 4 N–H and O–H groups in total. The van der Waals surface area contributed by atoms with Crippen LogP contribution in [0.2, 0.25) is 0 Å². The molecule has 0 radical (unpaired) electrons. The van der Waals surface area contributed by atoms with Gasteiger partial charge in [0.15, 0.2) is 0 Å². The van der Waals surface area contributed by atoms with Gasteiger partial charge >= 0.3 is 0 Å². The number of ether oxygens (including phenoxy) is 1. The van der Waals surface area contributed by atoms with Gasteiger partial charge in [-0.05, 0) is 53.9 Å². The van der Waals surface area contributed by atoms with E-state index in [2.05, 4.69) is 16.0 Å². The number of nitrogens with one attached hydrogen (secondary N) is 3. The van der Waals surface area contributed by atoms with Crippen LogP contribution in [0.25, 0.3) is 0 Å². The quantitative estimate of drug-likeness (QED) is 0.352. The van der Waals surface area contributed by atoms with Gasteiger partial charge in [0.25, 0.3) is 5.91 Å². The molecule has 2 unspecified atom stereocenters. The molecule has 2 amide bonds. The van der Waals surface area contributed by atoms with Gasteiger partial charge in [0.1, 0.15) is 5.75 Å². The highest BCUT2D eigenvalue weighted by atomic mass is 16.5. The lowest BCUT2D eigenvalue weighted by atomic mass is 10.0. The maximum Gasteiger partial charge on any atom is 0.251 e. The molecule has 3 rings (SSSR count). The molecule has 2 atom stereocenters. The van der Waals surface area contributed by atoms with Crippen LogP contribution in [0.1, 0.15) is 28.4 Å². The van der Waals surface area contributed by atoms with Crippen LogP contribution < -0.4 is 20.7 Å². The summed E-state index contributed by atoms with van der Waals surface area (Å²) in [5, 5.41) is 19.9. The summed E-state index contributed by atoms with van der Waals surface area (Å²) in [6, 6.07) is 23.6. The Bertz CT molecular complexity index is 1070. The molecule has 178 valence electrons. The average Bonchev–Trinajstić information content (AvgIpc) is 2.84. The van der Waals surface area contributed by atoms with Crippen LogP contribution in [0.3, 0.4) is 0 Å². The smallest absolute Gasteiger partial charge is 0.251 e. The number of hydrogen-bond acceptors (Lipinski definition) is 5. The second-order valence-corrected chi connectivity index (χ2v) is 8.08. The Morgan fingerprint density at radius 3 is 2.32 bits per heavy atom. The van der Waals surface area contributed by atoms with Gasteiger partial charge in [0.05, 0.1) is 19.3 Å². The van der Waals surface area contributed by atoms with Crippen molar-refractivity contribution in [3.05, 3.63) is 95.6 Å². The molecule has 0 saturated heterocycles. The third-order valence-electron chi connectivity index (χ3n) is 5.36. The number of methoxy groups -OCH3 is 1. The number of benzene rings is 3. The Morgan fingerprint density at radius 2 is 1.65 bits per heavy atom. The van der Waals surface area contributed by atoms with Crippen molar-refractivity contribution in [1.29, 1.82) is 0 Å². The predicted octanol–water partition coefficient (Wildman–Crippen LogP) is 3.15. The van der Waals surface area contributed by atoms with Crippen molar-refractivity contribution in [1.82, 2.24) is 10.6 Å². The number of aliphatic hydroxyl groups excluding tert-OH is 1. The summed E-state index contributed by atoms with van der Waals surface area (Å²) in [5.41, 5.74) is 3.12. The highest BCUT2D eigenvalue weighted by molar-refractivity contribution is 5.95. The molecule has 0 heterocycles. The minimum absolute atomic E-state index is 0.176. The first-order valence-corrected chi connectivity index (χ1v) is 11.2. The predicted molar refractivity (Wildman–Crippen MR) is 133 cm³/mol. The van der Waals surface area contributed by atoms with Gasteiger partial charge in [-0.2, -0.15) is 0 Å². The molecule has 7 heteroatoms. The lowest BCUT2D eigenvalue weighted by Gasteiger charge is -2.25. The normalized spacial score (nSPS) is 12.4. The van der Waals surface area contributed by atoms with E-state index in [4.69, 9.17) is 4.74 Å². The van der Waals surface area contributed by atoms with Gasteiger partial charge < -0.3 is 25.8 Å². The van der Waals surface area contributed by atoms with Crippen LogP contribution >= 0.6 is 0 Å². The first-order chi connectivity index (χ1) is 16.4. The topological polar surface area (TPSA) is 99.7 Å². The maximum absolute atomic E-state index is 12.9. The van der Waals surface area contributed by atoms with Crippen LogP contribution in [0, 0.1) is 0 Å². The van der Waals surface area contributed by atoms with Crippen LogP contribution in [-0.4, -0.2) is 42.7 Å². The first kappa shape index (κ1) is 25.0. The molecule has 34 heavy (non-hydrogen) atoms. The van der Waals surface area contributed by atoms with Gasteiger partial charge in [-0.1, -0.05) is 42.5 Å². The summed E-state index contributed by atoms with van der Waals surface area (Å²) in [5.74, 6) is 0.311. The van der Waals surface area contributed by atoms with E-state index in [1.165, 1.54) is 6.92 Å². The van der Waals surface area contributed by atoms with E-state index in [-0.39, 0.29) is 11.8 Å². The van der Waals surface area contributed by atoms with Gasteiger partial charge in [-0.15, -0.1) is 0 Å². The second kappa shape index (κ2) is 12.5. The minimum Gasteiger partial charge on any atom is -0.497 e. The largest absolute Gasteiger partial charge is 0.497 e. The molecular formula is C27H31N3O4. The van der Waals surface area contributed by atoms with Gasteiger partial charge in [-0.3, -0.25) is 9.59 Å². The fourth-order valence-electron chi connectivity index (χ4n) is 3.60. The van der Waals surface area contributed by atoms with Crippen molar-refractivity contribution >= 4 is 17.5 Å². The molecule has 0 aliphatic rings. The van der Waals surface area contributed by atoms with Crippen molar-refractivity contribution in [2.24, 2.45) is 0 Å². The van der Waals surface area contributed by atoms with Crippen molar-refractivity contribution in [3.63, 3.8) is 0 Å². The Kier molecular flexibility index (Phi) is 9.20. The zero-order chi connectivity index (χ0) is 24.3. The average molecular weight is 462 g/mol. The van der Waals surface area contributed by atoms with Crippen LogP contribution in [0.4, 0.5) is 5.69 Å². The van der Waals surface area contributed by atoms with E-state index in [1.54, 1.807) is 31.4 Å². The number of anilines is 1. The van der Waals surface area contributed by atoms with E-state index in [9.17, 15) is 14.7 Å². The van der Waals surface area contributed by atoms with Crippen LogP contribution in [-0.2, 0) is 17.8 Å². The standard InChI is InChI=1S/C27H31N3O4/c1-19(31)29-23-13-11-22(12-14-23)27(33)30-25(16-20-7-4-3-5-8-20)26(32)18-28-17-21-9-6-10-24(15-21)34-2/h3-15,25-26,28,32H,16-18H2,1-2H3,(H,29,31)(H,30,33). The second-order valence-electron chi connectivity index (χ2n) is 8.08. The van der Waals surface area contributed by atoms with Gasteiger partial charge in [-0.25, -0.2) is 0 Å². The first-order valence-electron chi connectivity index (χ1n) is 11.2. The summed E-state index contributed by atoms with van der Waals surface area (Å²) in [7, 11) is 1.63. The summed E-state index contributed by atoms with van der Waals surface area (Å²) in [6.45, 7) is 2.29. The third-order valence-corrected chi connectivity index (χ3v) is 5.36. The Hall–Kier alpha value is -3.68. The van der Waals surface area contributed by atoms with Crippen LogP contribution in [0.5, 0.6) is 5.75 Å². The molecule has 0 aliphatic carbocycles. The molecule has 3 aromatic carbocycles. The minimum atomic E-state index is -0.812. The molecule has 3 aromatic rings. The van der Waals surface area contributed by atoms with E-state index in [0.29, 0.717) is 30.8 Å². The van der Waals surface area contributed by atoms with Crippen molar-refractivity contribution in [2.45, 2.75) is 32.0 Å². The highest BCUT2D eigenvalue weighted by Crippen LogP contribution is 2.13. The maximum atomic E-state index is 12.9. The molecule has 0 fully saturated rings. The number of carbonyl (C=O) groups excluding carboxylic acids is 2. The van der Waals surface area contributed by atoms with Crippen molar-refractivity contribution in [3.8, 4) is 5.75 Å². The zero-order valence-corrected chi connectivity index (χ0v) is 19.5. The molecule has 7 nitrogen and oxygen atoms in total. The number of amides is 2. The summed E-state index contributed by atoms with van der Waals surface area (Å²) < 4.78 is 5.25. The Labute approximate surface area is 200 Å². The van der Waals surface area contributed by atoms with E-state index < -0.39 is 12.1 Å². The molecule has 0 aromatic heterocycles. The monoisotopic (exact) mass is 461 g/mol. The number of hydrogen-bond donors (Lipinski definition) is 4. The summed E-state index contributed by atoms with van der Waals surface area (Å²) in [6.07, 6.45) is -0.327. The third kappa shape index (κ3) is 7.72. The number of rotatable bonds is 11. The van der Waals surface area contributed by atoms with Crippen molar-refractivity contribution in [2.75, 3.05) is 19.0 Å². The van der Waals surface area contributed by atoms with E-state index in [1.807, 2.05) is 54.6 Å². The van der Waals surface area contributed by atoms with Crippen molar-refractivity contribution < 1.29 is 19.4 Å². The summed E-state index contributed by atoms with van der Waals surface area (Å²) in [4.78, 5) is 24.1. The lowest BCUT2D eigenvalue weighted by molar-refractivity contribution is -0.114. The summed E-state index contributed by atoms with van der Waals surface area (Å²) >= 11 is 0. The fourth-order valence-corrected chi connectivity index (χ4v) is 3.60. The Balaban J connectivity index is 1.64. The van der Waals surface area contributed by atoms with E-state index >= 15 is 0 Å². The molecule has 0 bridgehead atoms. The lowest BCUT2D eigenvalue weighted by Crippen LogP contribution is -2.48. The Morgan fingerprint density at radius 1 is 0.941 bits per heavy atom. The number of carbonyl (C=O) groups is 2. The SMILES string of the molecule is COc1cccc(CNCC(O)C(Cc2ccccc2)NC(=O)c2ccc(NC(C)=O)cc2)c1. The highest BCUT2D eigenvalue weighted by Gasteiger charge is 2.22.